The molecule has 0 aliphatic heterocycles. The number of aromatic nitrogens is 4. The predicted octanol–water partition coefficient (Wildman–Crippen LogP) is 2.64. The maximum atomic E-state index is 13.0. The Bertz CT molecular complexity index is 997. The topological polar surface area (TPSA) is 111 Å². The fourth-order valence-electron chi connectivity index (χ4n) is 2.48. The summed E-state index contributed by atoms with van der Waals surface area (Å²) in [6, 6.07) is 3.33. The molecule has 0 unspecified atom stereocenters. The third-order valence-corrected chi connectivity index (χ3v) is 4.72. The summed E-state index contributed by atoms with van der Waals surface area (Å²) in [5, 5.41) is 14.4. The van der Waals surface area contributed by atoms with Gasteiger partial charge < -0.3 is 14.8 Å². The van der Waals surface area contributed by atoms with Crippen LogP contribution in [0.5, 0.6) is 10.9 Å². The van der Waals surface area contributed by atoms with Crippen LogP contribution in [0.2, 0.25) is 5.15 Å². The third kappa shape index (κ3) is 4.35. The highest BCUT2D eigenvalue weighted by Gasteiger charge is 2.20. The van der Waals surface area contributed by atoms with Gasteiger partial charge in [-0.15, -0.1) is 5.10 Å². The van der Waals surface area contributed by atoms with Crippen molar-refractivity contribution in [1.29, 1.82) is 0 Å². The molecule has 0 spiro atoms. The highest BCUT2D eigenvalue weighted by atomic mass is 35.5. The maximum Gasteiger partial charge on any atom is 0.295 e. The molecule has 28 heavy (non-hydrogen) atoms. The third-order valence-electron chi connectivity index (χ3n) is 3.71. The Kier molecular flexibility index (Phi) is 6.34. The molecule has 3 aromatic heterocycles. The van der Waals surface area contributed by atoms with Gasteiger partial charge in [-0.3, -0.25) is 15.1 Å². The molecule has 9 nitrogen and oxygen atoms in total. The molecule has 0 radical (unpaired) electrons. The molecule has 11 heteroatoms. The summed E-state index contributed by atoms with van der Waals surface area (Å²) in [5.74, 6) is 0.0998. The lowest BCUT2D eigenvalue weighted by molar-refractivity contribution is 0.102. The summed E-state index contributed by atoms with van der Waals surface area (Å²) in [7, 11) is 4.80. The lowest BCUT2D eigenvalue weighted by Gasteiger charge is -2.13. The summed E-state index contributed by atoms with van der Waals surface area (Å²) < 4.78 is 10.4. The number of hydrogen-bond acceptors (Lipinski definition) is 9. The number of nitrogens with one attached hydrogen (secondary N) is 2. The van der Waals surface area contributed by atoms with E-state index in [0.29, 0.717) is 45.0 Å². The van der Waals surface area contributed by atoms with E-state index in [2.05, 4.69) is 30.8 Å². The van der Waals surface area contributed by atoms with E-state index in [0.717, 1.165) is 11.3 Å². The van der Waals surface area contributed by atoms with Crippen LogP contribution in [0, 0.1) is 0 Å². The predicted molar refractivity (Wildman–Crippen MR) is 106 cm³/mol. The second kappa shape index (κ2) is 8.91. The number of pyridine rings is 2. The van der Waals surface area contributed by atoms with Gasteiger partial charge in [-0.1, -0.05) is 16.7 Å². The number of methoxy groups -OCH3 is 2. The molecule has 0 fully saturated rings. The Labute approximate surface area is 170 Å². The zero-order chi connectivity index (χ0) is 20.1. The highest BCUT2D eigenvalue weighted by molar-refractivity contribution is 7.17. The molecule has 0 aliphatic rings. The molecule has 1 amide bonds. The first kappa shape index (κ1) is 19.9. The maximum absolute atomic E-state index is 13.0. The Morgan fingerprint density at radius 3 is 2.64 bits per heavy atom. The second-order valence-corrected chi connectivity index (χ2v) is 6.82. The first-order chi connectivity index (χ1) is 13.5. The molecule has 2 N–H and O–H groups in total. The molecule has 0 bridgehead atoms. The molecule has 146 valence electrons. The van der Waals surface area contributed by atoms with Crippen LogP contribution in [0.25, 0.3) is 11.1 Å². The molecular weight excluding hydrogens is 404 g/mol. The molecule has 3 aromatic rings. The largest absolute Gasteiger partial charge is 0.494 e. The van der Waals surface area contributed by atoms with Crippen molar-refractivity contribution in [2.24, 2.45) is 0 Å². The van der Waals surface area contributed by atoms with Crippen LogP contribution in [0.15, 0.2) is 24.5 Å². The van der Waals surface area contributed by atoms with Gasteiger partial charge in [0.1, 0.15) is 10.9 Å². The molecule has 3 rings (SSSR count). The number of halogens is 1. The smallest absolute Gasteiger partial charge is 0.295 e. The van der Waals surface area contributed by atoms with Crippen molar-refractivity contribution in [3.63, 3.8) is 0 Å². The summed E-state index contributed by atoms with van der Waals surface area (Å²) in [5.41, 5.74) is 2.24. The number of ether oxygens (including phenoxy) is 2. The van der Waals surface area contributed by atoms with E-state index in [9.17, 15) is 4.79 Å². The monoisotopic (exact) mass is 420 g/mol. The molecule has 0 saturated carbocycles. The van der Waals surface area contributed by atoms with Gasteiger partial charge in [0.25, 0.3) is 11.1 Å². The van der Waals surface area contributed by atoms with E-state index in [1.165, 1.54) is 20.4 Å². The Hall–Kier alpha value is -2.82. The normalized spacial score (nSPS) is 10.6. The zero-order valence-electron chi connectivity index (χ0n) is 15.3. The molecule has 0 aliphatic carbocycles. The molecule has 0 atom stereocenters. The van der Waals surface area contributed by atoms with Gasteiger partial charge in [0.2, 0.25) is 5.13 Å². The number of carbonyl (C=O) groups is 1. The van der Waals surface area contributed by atoms with Gasteiger partial charge in [0, 0.05) is 23.9 Å². The van der Waals surface area contributed by atoms with Crippen LogP contribution >= 0.6 is 22.9 Å². The number of carbonyl (C=O) groups excluding carboxylic acids is 1. The Balaban J connectivity index is 2.05. The number of amides is 1. The van der Waals surface area contributed by atoms with Crippen molar-refractivity contribution in [2.75, 3.05) is 26.6 Å². The van der Waals surface area contributed by atoms with Gasteiger partial charge >= 0.3 is 0 Å². The van der Waals surface area contributed by atoms with Gasteiger partial charge in [-0.05, 0) is 30.5 Å². The minimum atomic E-state index is -0.372. The van der Waals surface area contributed by atoms with Crippen molar-refractivity contribution >= 4 is 34.0 Å². The van der Waals surface area contributed by atoms with E-state index in [1.54, 1.807) is 25.4 Å². The van der Waals surface area contributed by atoms with Crippen molar-refractivity contribution in [3.05, 3.63) is 40.9 Å². The standard InChI is InChI=1S/C17H17ClN6O3S/c1-19-6-9-4-11(15(25)22-16-23-24-17(27-3)28-16)12(7-20-9)10-5-14(18)21-8-13(10)26-2/h4-5,7-8,19H,6H2,1-3H3,(H,22,23,25). The van der Waals surface area contributed by atoms with E-state index >= 15 is 0 Å². The first-order valence-electron chi connectivity index (χ1n) is 8.08. The average molecular weight is 421 g/mol. The number of anilines is 1. The lowest BCUT2D eigenvalue weighted by Crippen LogP contribution is -2.15. The van der Waals surface area contributed by atoms with Crippen LogP contribution in [-0.4, -0.2) is 47.3 Å². The van der Waals surface area contributed by atoms with Crippen LogP contribution < -0.4 is 20.1 Å². The first-order valence-corrected chi connectivity index (χ1v) is 9.27. The second-order valence-electron chi connectivity index (χ2n) is 5.49. The number of nitrogens with zero attached hydrogens (tertiary/aromatic N) is 4. The quantitative estimate of drug-likeness (QED) is 0.561. The highest BCUT2D eigenvalue weighted by Crippen LogP contribution is 2.34. The summed E-state index contributed by atoms with van der Waals surface area (Å²) in [6.45, 7) is 0.501. The van der Waals surface area contributed by atoms with Gasteiger partial charge in [-0.2, -0.15) is 0 Å². The van der Waals surface area contributed by atoms with Crippen molar-refractivity contribution in [3.8, 4) is 22.1 Å². The molecule has 0 saturated heterocycles. The van der Waals surface area contributed by atoms with Gasteiger partial charge in [-0.25, -0.2) is 4.98 Å². The minimum absolute atomic E-state index is 0.273. The lowest BCUT2D eigenvalue weighted by atomic mass is 10.0. The zero-order valence-corrected chi connectivity index (χ0v) is 16.9. The van der Waals surface area contributed by atoms with E-state index in [-0.39, 0.29) is 11.1 Å². The van der Waals surface area contributed by atoms with Crippen molar-refractivity contribution in [1.82, 2.24) is 25.5 Å². The van der Waals surface area contributed by atoms with Crippen LogP contribution in [0.4, 0.5) is 5.13 Å². The van der Waals surface area contributed by atoms with Crippen molar-refractivity contribution < 1.29 is 14.3 Å². The molecular formula is C17H17ClN6O3S. The summed E-state index contributed by atoms with van der Waals surface area (Å²) >= 11 is 7.18. The van der Waals surface area contributed by atoms with Gasteiger partial charge in [0.15, 0.2) is 0 Å². The minimum Gasteiger partial charge on any atom is -0.494 e. The van der Waals surface area contributed by atoms with Crippen molar-refractivity contribution in [2.45, 2.75) is 6.54 Å². The fourth-order valence-corrected chi connectivity index (χ4v) is 3.19. The Morgan fingerprint density at radius 2 is 1.96 bits per heavy atom. The number of rotatable bonds is 7. The van der Waals surface area contributed by atoms with E-state index < -0.39 is 0 Å². The molecule has 0 aromatic carbocycles. The van der Waals surface area contributed by atoms with E-state index in [4.69, 9.17) is 21.1 Å². The number of hydrogen-bond donors (Lipinski definition) is 2. The van der Waals surface area contributed by atoms with E-state index in [1.807, 2.05) is 0 Å². The Morgan fingerprint density at radius 1 is 1.14 bits per heavy atom. The fraction of sp³-hybridized carbons (Fsp3) is 0.235. The van der Waals surface area contributed by atoms with Crippen LogP contribution in [-0.2, 0) is 6.54 Å². The average Bonchev–Trinajstić information content (AvgIpc) is 3.15. The van der Waals surface area contributed by atoms with Crippen LogP contribution in [0.3, 0.4) is 0 Å². The molecule has 3 heterocycles. The summed E-state index contributed by atoms with van der Waals surface area (Å²) in [4.78, 5) is 21.4. The van der Waals surface area contributed by atoms with Crippen LogP contribution in [0.1, 0.15) is 16.1 Å². The summed E-state index contributed by atoms with van der Waals surface area (Å²) in [6.07, 6.45) is 3.10. The SMILES string of the molecule is CNCc1cc(C(=O)Nc2nnc(OC)s2)c(-c2cc(Cl)ncc2OC)cn1. The van der Waals surface area contributed by atoms with Gasteiger partial charge in [0.05, 0.1) is 31.7 Å².